The minimum absolute atomic E-state index is 0.207. The second-order valence-corrected chi connectivity index (χ2v) is 8.98. The van der Waals surface area contributed by atoms with E-state index in [1.165, 1.54) is 48.7 Å². The standard InChI is InChI=1S/C23H32N4O/c28-23(25-19-7-8-19)17-4-3-11-27(16-17)20-9-12-26(13-10-20)15-18-14-24-22-6-2-1-5-21(18)22/h1-2,5-6,14,17,19-20,24H,3-4,7-13,15-16H2,(H,25,28). The van der Waals surface area contributed by atoms with E-state index in [2.05, 4.69) is 50.6 Å². The molecule has 3 fully saturated rings. The van der Waals surface area contributed by atoms with Crippen molar-refractivity contribution in [2.45, 2.75) is 57.2 Å². The van der Waals surface area contributed by atoms with Crippen molar-refractivity contribution in [1.29, 1.82) is 0 Å². The first-order valence-electron chi connectivity index (χ1n) is 11.1. The molecule has 0 radical (unpaired) electrons. The number of H-pyrrole nitrogens is 1. The first kappa shape index (κ1) is 18.2. The van der Waals surface area contributed by atoms with Gasteiger partial charge in [0, 0.05) is 42.3 Å². The Balaban J connectivity index is 1.14. The number of carbonyl (C=O) groups is 1. The van der Waals surface area contributed by atoms with Gasteiger partial charge in [0.1, 0.15) is 0 Å². The van der Waals surface area contributed by atoms with Crippen molar-refractivity contribution < 1.29 is 4.79 Å². The van der Waals surface area contributed by atoms with E-state index in [0.29, 0.717) is 18.0 Å². The zero-order valence-electron chi connectivity index (χ0n) is 16.7. The Morgan fingerprint density at radius 1 is 1.07 bits per heavy atom. The third-order valence-electron chi connectivity index (χ3n) is 6.89. The maximum Gasteiger partial charge on any atom is 0.224 e. The first-order chi connectivity index (χ1) is 13.8. The lowest BCUT2D eigenvalue weighted by Crippen LogP contribution is -2.50. The average Bonchev–Trinajstić information content (AvgIpc) is 3.47. The molecule has 3 aliphatic rings. The molecule has 1 atom stereocenters. The van der Waals surface area contributed by atoms with Crippen LogP contribution in [-0.4, -0.2) is 59.0 Å². The van der Waals surface area contributed by atoms with Crippen LogP contribution in [0.5, 0.6) is 0 Å². The quantitative estimate of drug-likeness (QED) is 0.838. The largest absolute Gasteiger partial charge is 0.361 e. The van der Waals surface area contributed by atoms with Gasteiger partial charge >= 0.3 is 0 Å². The Bertz CT molecular complexity index is 819. The number of hydrogen-bond acceptors (Lipinski definition) is 3. The number of nitrogens with one attached hydrogen (secondary N) is 2. The van der Waals surface area contributed by atoms with E-state index in [4.69, 9.17) is 0 Å². The maximum atomic E-state index is 12.5. The molecule has 2 aromatic rings. The van der Waals surface area contributed by atoms with Crippen molar-refractivity contribution in [3.63, 3.8) is 0 Å². The van der Waals surface area contributed by atoms with E-state index >= 15 is 0 Å². The van der Waals surface area contributed by atoms with Crippen molar-refractivity contribution in [3.8, 4) is 0 Å². The fraction of sp³-hybridized carbons (Fsp3) is 0.609. The molecule has 5 heteroatoms. The number of para-hydroxylation sites is 1. The monoisotopic (exact) mass is 380 g/mol. The smallest absolute Gasteiger partial charge is 0.224 e. The minimum atomic E-state index is 0.207. The summed E-state index contributed by atoms with van der Waals surface area (Å²) in [5, 5.41) is 4.57. The highest BCUT2D eigenvalue weighted by Crippen LogP contribution is 2.27. The number of aromatic nitrogens is 1. The van der Waals surface area contributed by atoms with Gasteiger partial charge in [-0.2, -0.15) is 0 Å². The van der Waals surface area contributed by atoms with E-state index in [-0.39, 0.29) is 5.92 Å². The lowest BCUT2D eigenvalue weighted by molar-refractivity contribution is -0.127. The van der Waals surface area contributed by atoms with E-state index in [0.717, 1.165) is 39.0 Å². The van der Waals surface area contributed by atoms with Gasteiger partial charge in [0.25, 0.3) is 0 Å². The molecule has 1 aromatic heterocycles. The molecule has 0 bridgehead atoms. The zero-order valence-corrected chi connectivity index (χ0v) is 16.7. The molecule has 1 aliphatic carbocycles. The third-order valence-corrected chi connectivity index (χ3v) is 6.89. The van der Waals surface area contributed by atoms with E-state index in [9.17, 15) is 4.79 Å². The number of piperidine rings is 2. The Labute approximate surface area is 167 Å². The van der Waals surface area contributed by atoms with Gasteiger partial charge in [-0.15, -0.1) is 0 Å². The number of nitrogens with zero attached hydrogens (tertiary/aromatic N) is 2. The lowest BCUT2D eigenvalue weighted by Gasteiger charge is -2.42. The highest BCUT2D eigenvalue weighted by atomic mass is 16.2. The van der Waals surface area contributed by atoms with Crippen molar-refractivity contribution in [2.75, 3.05) is 26.2 Å². The van der Waals surface area contributed by atoms with Crippen LogP contribution in [0.1, 0.15) is 44.1 Å². The van der Waals surface area contributed by atoms with Crippen LogP contribution in [-0.2, 0) is 11.3 Å². The molecule has 2 N–H and O–H groups in total. The van der Waals surface area contributed by atoms with Crippen LogP contribution in [0.4, 0.5) is 0 Å². The summed E-state index contributed by atoms with van der Waals surface area (Å²) >= 11 is 0. The van der Waals surface area contributed by atoms with E-state index in [1.807, 2.05) is 0 Å². The van der Waals surface area contributed by atoms with Gasteiger partial charge in [0.05, 0.1) is 5.92 Å². The van der Waals surface area contributed by atoms with Gasteiger partial charge in [-0.1, -0.05) is 18.2 Å². The molecule has 1 amide bonds. The summed E-state index contributed by atoms with van der Waals surface area (Å²) < 4.78 is 0. The van der Waals surface area contributed by atoms with Crippen LogP contribution in [0.25, 0.3) is 10.9 Å². The molecular formula is C23H32N4O. The van der Waals surface area contributed by atoms with Crippen molar-refractivity contribution >= 4 is 16.8 Å². The minimum Gasteiger partial charge on any atom is -0.361 e. The van der Waals surface area contributed by atoms with Crippen LogP contribution >= 0.6 is 0 Å². The molecular weight excluding hydrogens is 348 g/mol. The molecule has 2 aliphatic heterocycles. The van der Waals surface area contributed by atoms with E-state index < -0.39 is 0 Å². The molecule has 1 saturated carbocycles. The number of amides is 1. The summed E-state index contributed by atoms with van der Waals surface area (Å²) in [6.07, 6.45) is 9.20. The van der Waals surface area contributed by atoms with Gasteiger partial charge < -0.3 is 10.3 Å². The molecule has 5 rings (SSSR count). The fourth-order valence-electron chi connectivity index (χ4n) is 5.04. The van der Waals surface area contributed by atoms with E-state index in [1.54, 1.807) is 0 Å². The van der Waals surface area contributed by atoms with Gasteiger partial charge in [0.15, 0.2) is 0 Å². The molecule has 0 spiro atoms. The normalized spacial score (nSPS) is 25.2. The number of benzene rings is 1. The average molecular weight is 381 g/mol. The van der Waals surface area contributed by atoms with Crippen molar-refractivity contribution in [3.05, 3.63) is 36.0 Å². The molecule has 2 saturated heterocycles. The van der Waals surface area contributed by atoms with Crippen LogP contribution in [0, 0.1) is 5.92 Å². The summed E-state index contributed by atoms with van der Waals surface area (Å²) in [5.74, 6) is 0.516. The van der Waals surface area contributed by atoms with Gasteiger partial charge in [-0.25, -0.2) is 0 Å². The second kappa shape index (κ2) is 7.88. The van der Waals surface area contributed by atoms with Gasteiger partial charge in [-0.05, 0) is 69.8 Å². The molecule has 1 unspecified atom stereocenters. The fourth-order valence-corrected chi connectivity index (χ4v) is 5.04. The van der Waals surface area contributed by atoms with Crippen molar-refractivity contribution in [1.82, 2.24) is 20.1 Å². The Kier molecular flexibility index (Phi) is 5.12. The number of likely N-dealkylation sites (tertiary alicyclic amines) is 2. The van der Waals surface area contributed by atoms with Crippen LogP contribution in [0.15, 0.2) is 30.5 Å². The molecule has 5 nitrogen and oxygen atoms in total. The first-order valence-corrected chi connectivity index (χ1v) is 11.1. The number of fused-ring (bicyclic) bond motifs is 1. The van der Waals surface area contributed by atoms with Gasteiger partial charge in [-0.3, -0.25) is 14.6 Å². The summed E-state index contributed by atoms with van der Waals surface area (Å²) in [4.78, 5) is 21.1. The zero-order chi connectivity index (χ0) is 18.9. The Hall–Kier alpha value is -1.85. The second-order valence-electron chi connectivity index (χ2n) is 8.98. The number of carbonyl (C=O) groups excluding carboxylic acids is 1. The predicted octanol–water partition coefficient (Wildman–Crippen LogP) is 3.12. The molecule has 150 valence electrons. The van der Waals surface area contributed by atoms with Crippen LogP contribution < -0.4 is 5.32 Å². The highest BCUT2D eigenvalue weighted by Gasteiger charge is 2.33. The summed E-state index contributed by atoms with van der Waals surface area (Å²) in [6.45, 7) is 5.47. The third kappa shape index (κ3) is 3.96. The molecule has 28 heavy (non-hydrogen) atoms. The van der Waals surface area contributed by atoms with Crippen LogP contribution in [0.3, 0.4) is 0 Å². The molecule has 1 aromatic carbocycles. The number of rotatable bonds is 5. The topological polar surface area (TPSA) is 51.4 Å². The SMILES string of the molecule is O=C(NC1CC1)C1CCCN(C2CCN(Cc3c[nH]c4ccccc34)CC2)C1. The lowest BCUT2D eigenvalue weighted by atomic mass is 9.93. The summed E-state index contributed by atoms with van der Waals surface area (Å²) in [7, 11) is 0. The summed E-state index contributed by atoms with van der Waals surface area (Å²) in [6, 6.07) is 9.71. The maximum absolute atomic E-state index is 12.5. The van der Waals surface area contributed by atoms with Crippen molar-refractivity contribution in [2.24, 2.45) is 5.92 Å². The van der Waals surface area contributed by atoms with Gasteiger partial charge in [0.2, 0.25) is 5.91 Å². The predicted molar refractivity (Wildman–Crippen MR) is 112 cm³/mol. The number of aromatic amines is 1. The number of hydrogen-bond donors (Lipinski definition) is 2. The van der Waals surface area contributed by atoms with Crippen LogP contribution in [0.2, 0.25) is 0 Å². The Morgan fingerprint density at radius 2 is 1.89 bits per heavy atom. The highest BCUT2D eigenvalue weighted by molar-refractivity contribution is 5.83. The molecule has 3 heterocycles. The Morgan fingerprint density at radius 3 is 2.71 bits per heavy atom. The summed E-state index contributed by atoms with van der Waals surface area (Å²) in [5.41, 5.74) is 2.64.